The number of hydrogen-bond donors (Lipinski definition) is 1. The minimum atomic E-state index is 0.0544. The molecule has 6 nitrogen and oxygen atoms in total. The second kappa shape index (κ2) is 11.3. The molecule has 3 rings (SSSR count). The summed E-state index contributed by atoms with van der Waals surface area (Å²) in [6, 6.07) is 0.587. The van der Waals surface area contributed by atoms with Gasteiger partial charge in [-0.25, -0.2) is 4.79 Å². The van der Waals surface area contributed by atoms with Gasteiger partial charge in [0.25, 0.3) is 0 Å². The number of Topliss-reactive ketones (excluding diaryl/α,β-unsaturated/α-hetero) is 1. The Kier molecular flexibility index (Phi) is 8.75. The third-order valence-electron chi connectivity index (χ3n) is 7.24. The number of likely N-dealkylation sites (tertiary alicyclic amines) is 2. The zero-order valence-electron chi connectivity index (χ0n) is 19.2. The van der Waals surface area contributed by atoms with Crippen molar-refractivity contribution in [3.05, 3.63) is 12.2 Å². The molecule has 0 radical (unpaired) electrons. The second-order valence-corrected chi connectivity index (χ2v) is 9.47. The van der Waals surface area contributed by atoms with E-state index in [1.165, 1.54) is 25.7 Å². The van der Waals surface area contributed by atoms with E-state index in [1.54, 1.807) is 0 Å². The van der Waals surface area contributed by atoms with Crippen LogP contribution in [-0.4, -0.2) is 84.4 Å². The molecule has 0 aromatic heterocycles. The Hall–Kier alpha value is -1.40. The first-order valence-corrected chi connectivity index (χ1v) is 12.2. The van der Waals surface area contributed by atoms with Gasteiger partial charge in [0.15, 0.2) is 5.78 Å². The van der Waals surface area contributed by atoms with Crippen LogP contribution in [0.3, 0.4) is 0 Å². The van der Waals surface area contributed by atoms with Crippen molar-refractivity contribution in [2.75, 3.05) is 45.8 Å². The molecule has 3 aliphatic rings. The fourth-order valence-corrected chi connectivity index (χ4v) is 5.52. The van der Waals surface area contributed by atoms with Crippen LogP contribution in [0, 0.1) is 5.92 Å². The van der Waals surface area contributed by atoms with Crippen molar-refractivity contribution in [1.29, 1.82) is 0 Å². The molecule has 2 heterocycles. The standard InChI is InChI=1S/C24H42N4O2/c1-4-10-28-18-21(16-20-17-23(29)19(3)15-22(20)28)25-24(30)27(5-2)14-13-26-11-8-6-7-9-12-26/h20-22H,3-18H2,1-2H3,(H,25,30)/t20-,21+,22-/m1/s1. The molecule has 0 aromatic carbocycles. The fraction of sp³-hybridized carbons (Fsp3) is 0.833. The van der Waals surface area contributed by atoms with Gasteiger partial charge in [-0.2, -0.15) is 0 Å². The summed E-state index contributed by atoms with van der Waals surface area (Å²) in [5, 5.41) is 3.31. The molecule has 3 fully saturated rings. The van der Waals surface area contributed by atoms with Gasteiger partial charge in [-0.05, 0) is 70.2 Å². The number of likely N-dealkylation sites (N-methyl/N-ethyl adjacent to an activating group) is 1. The van der Waals surface area contributed by atoms with Gasteiger partial charge >= 0.3 is 6.03 Å². The maximum absolute atomic E-state index is 13.0. The number of nitrogens with zero attached hydrogens (tertiary/aromatic N) is 3. The number of carbonyl (C=O) groups is 2. The lowest BCUT2D eigenvalue weighted by Gasteiger charge is -2.47. The van der Waals surface area contributed by atoms with Crippen LogP contribution in [-0.2, 0) is 4.79 Å². The van der Waals surface area contributed by atoms with E-state index in [1.807, 2.05) is 4.90 Å². The number of carbonyl (C=O) groups excluding carboxylic acids is 2. The summed E-state index contributed by atoms with van der Waals surface area (Å²) in [5.74, 6) is 0.549. The molecule has 2 saturated heterocycles. The number of amides is 2. The summed E-state index contributed by atoms with van der Waals surface area (Å²) in [7, 11) is 0. The lowest BCUT2D eigenvalue weighted by Crippen LogP contribution is -2.59. The van der Waals surface area contributed by atoms with Gasteiger partial charge in [-0.1, -0.05) is 26.3 Å². The van der Waals surface area contributed by atoms with Crippen molar-refractivity contribution in [3.8, 4) is 0 Å². The zero-order chi connectivity index (χ0) is 21.5. The van der Waals surface area contributed by atoms with E-state index in [4.69, 9.17) is 0 Å². The van der Waals surface area contributed by atoms with Crippen LogP contribution >= 0.6 is 0 Å². The molecule has 30 heavy (non-hydrogen) atoms. The van der Waals surface area contributed by atoms with Gasteiger partial charge in [0, 0.05) is 44.7 Å². The molecule has 0 spiro atoms. The predicted octanol–water partition coefficient (Wildman–Crippen LogP) is 3.28. The lowest BCUT2D eigenvalue weighted by molar-refractivity contribution is -0.119. The van der Waals surface area contributed by atoms with Crippen LogP contribution in [0.15, 0.2) is 12.2 Å². The highest BCUT2D eigenvalue weighted by molar-refractivity contribution is 5.95. The Balaban J connectivity index is 1.54. The molecule has 0 unspecified atom stereocenters. The molecule has 3 atom stereocenters. The first-order chi connectivity index (χ1) is 14.5. The number of hydrogen-bond acceptors (Lipinski definition) is 4. The van der Waals surface area contributed by atoms with Crippen molar-refractivity contribution in [2.24, 2.45) is 5.92 Å². The Bertz CT molecular complexity index is 600. The normalized spacial score (nSPS) is 28.7. The van der Waals surface area contributed by atoms with E-state index in [0.29, 0.717) is 18.4 Å². The molecule has 1 N–H and O–H groups in total. The molecule has 1 saturated carbocycles. The van der Waals surface area contributed by atoms with Gasteiger partial charge in [0.05, 0.1) is 0 Å². The van der Waals surface area contributed by atoms with Gasteiger partial charge in [0.1, 0.15) is 0 Å². The van der Waals surface area contributed by atoms with Crippen LogP contribution in [0.25, 0.3) is 0 Å². The van der Waals surface area contributed by atoms with E-state index in [-0.39, 0.29) is 17.9 Å². The molecule has 2 aliphatic heterocycles. The Morgan fingerprint density at radius 3 is 2.53 bits per heavy atom. The molecular weight excluding hydrogens is 376 g/mol. The largest absolute Gasteiger partial charge is 0.334 e. The third-order valence-corrected chi connectivity index (χ3v) is 7.24. The summed E-state index contributed by atoms with van der Waals surface area (Å²) in [5.41, 5.74) is 0.783. The highest BCUT2D eigenvalue weighted by Gasteiger charge is 2.41. The summed E-state index contributed by atoms with van der Waals surface area (Å²) in [6.07, 6.45) is 8.59. The van der Waals surface area contributed by atoms with Crippen molar-refractivity contribution in [2.45, 2.75) is 77.3 Å². The van der Waals surface area contributed by atoms with E-state index < -0.39 is 0 Å². The molecule has 2 amide bonds. The molecular formula is C24H42N4O2. The Labute approximate surface area is 183 Å². The number of nitrogens with one attached hydrogen (secondary N) is 1. The van der Waals surface area contributed by atoms with E-state index in [2.05, 4.69) is 35.5 Å². The SMILES string of the molecule is C=C1C[C@@H]2[C@@H](CC1=O)C[C@H](NC(=O)N(CC)CCN1CCCCCC1)CN2CCC. The van der Waals surface area contributed by atoms with Crippen molar-refractivity contribution in [1.82, 2.24) is 20.0 Å². The minimum Gasteiger partial charge on any atom is -0.334 e. The van der Waals surface area contributed by atoms with Crippen molar-refractivity contribution >= 4 is 11.8 Å². The molecule has 170 valence electrons. The summed E-state index contributed by atoms with van der Waals surface area (Å²) < 4.78 is 0. The fourth-order valence-electron chi connectivity index (χ4n) is 5.52. The monoisotopic (exact) mass is 418 g/mol. The topological polar surface area (TPSA) is 55.9 Å². The van der Waals surface area contributed by atoms with Gasteiger partial charge in [-0.15, -0.1) is 0 Å². The van der Waals surface area contributed by atoms with Crippen molar-refractivity contribution in [3.63, 3.8) is 0 Å². The highest BCUT2D eigenvalue weighted by Crippen LogP contribution is 2.35. The third kappa shape index (κ3) is 6.07. The summed E-state index contributed by atoms with van der Waals surface area (Å²) in [6.45, 7) is 15.0. The van der Waals surface area contributed by atoms with Gasteiger partial charge < -0.3 is 15.1 Å². The number of ketones is 1. The Morgan fingerprint density at radius 2 is 1.87 bits per heavy atom. The maximum atomic E-state index is 13.0. The van der Waals surface area contributed by atoms with Crippen LogP contribution in [0.1, 0.15) is 65.2 Å². The van der Waals surface area contributed by atoms with E-state index >= 15 is 0 Å². The number of piperidine rings is 1. The number of rotatable bonds is 7. The molecule has 0 aromatic rings. The minimum absolute atomic E-state index is 0.0544. The average Bonchev–Trinajstić information content (AvgIpc) is 2.99. The van der Waals surface area contributed by atoms with Gasteiger partial charge in [-0.3, -0.25) is 9.69 Å². The smallest absolute Gasteiger partial charge is 0.317 e. The highest BCUT2D eigenvalue weighted by atomic mass is 16.2. The predicted molar refractivity (Wildman–Crippen MR) is 122 cm³/mol. The van der Waals surface area contributed by atoms with E-state index in [9.17, 15) is 9.59 Å². The van der Waals surface area contributed by atoms with Gasteiger partial charge in [0.2, 0.25) is 0 Å². The van der Waals surface area contributed by atoms with Crippen LogP contribution in [0.5, 0.6) is 0 Å². The Morgan fingerprint density at radius 1 is 1.13 bits per heavy atom. The molecule has 6 heteroatoms. The zero-order valence-corrected chi connectivity index (χ0v) is 19.2. The quantitative estimate of drug-likeness (QED) is 0.645. The van der Waals surface area contributed by atoms with Crippen molar-refractivity contribution < 1.29 is 9.59 Å². The average molecular weight is 419 g/mol. The van der Waals surface area contributed by atoms with Crippen LogP contribution in [0.2, 0.25) is 0 Å². The lowest BCUT2D eigenvalue weighted by atomic mass is 9.74. The molecule has 1 aliphatic carbocycles. The maximum Gasteiger partial charge on any atom is 0.317 e. The first kappa shape index (κ1) is 23.3. The molecule has 0 bridgehead atoms. The van der Waals surface area contributed by atoms with Crippen LogP contribution < -0.4 is 5.32 Å². The van der Waals surface area contributed by atoms with Crippen LogP contribution in [0.4, 0.5) is 4.79 Å². The summed E-state index contributed by atoms with van der Waals surface area (Å²) >= 11 is 0. The second-order valence-electron chi connectivity index (χ2n) is 9.47. The first-order valence-electron chi connectivity index (χ1n) is 12.2. The summed E-state index contributed by atoms with van der Waals surface area (Å²) in [4.78, 5) is 32.2. The number of fused-ring (bicyclic) bond motifs is 1. The number of urea groups is 1. The van der Waals surface area contributed by atoms with E-state index in [0.717, 1.165) is 70.6 Å².